The van der Waals surface area contributed by atoms with Crippen molar-refractivity contribution < 1.29 is 14.7 Å². The SMILES string of the molecule is CC1(C)CC(=O)C2=C(C1)Nc1c(O)cccc1N(C(=O)CN)C2c1ccc(Cl)cc1Cl. The number of anilines is 2. The van der Waals surface area contributed by atoms with Crippen LogP contribution in [0.4, 0.5) is 11.4 Å². The summed E-state index contributed by atoms with van der Waals surface area (Å²) in [5.74, 6) is -0.522. The van der Waals surface area contributed by atoms with Crippen molar-refractivity contribution in [1.29, 1.82) is 0 Å². The number of aromatic hydroxyl groups is 1. The van der Waals surface area contributed by atoms with Crippen LogP contribution in [0.1, 0.15) is 38.3 Å². The van der Waals surface area contributed by atoms with Crippen LogP contribution >= 0.6 is 23.2 Å². The summed E-state index contributed by atoms with van der Waals surface area (Å²) in [5, 5.41) is 14.6. The molecule has 0 fully saturated rings. The highest BCUT2D eigenvalue weighted by molar-refractivity contribution is 6.35. The van der Waals surface area contributed by atoms with Gasteiger partial charge in [-0.1, -0.05) is 49.2 Å². The number of hydrogen-bond acceptors (Lipinski definition) is 5. The summed E-state index contributed by atoms with van der Waals surface area (Å²) in [6, 6.07) is 9.05. The molecule has 162 valence electrons. The molecule has 2 aliphatic rings. The van der Waals surface area contributed by atoms with Crippen molar-refractivity contribution in [3.05, 3.63) is 63.3 Å². The van der Waals surface area contributed by atoms with Crippen LogP contribution < -0.4 is 16.0 Å². The van der Waals surface area contributed by atoms with Gasteiger partial charge in [0.15, 0.2) is 5.78 Å². The van der Waals surface area contributed by atoms with E-state index in [4.69, 9.17) is 28.9 Å². The lowest BCUT2D eigenvalue weighted by molar-refractivity contribution is -0.118. The molecule has 8 heteroatoms. The van der Waals surface area contributed by atoms with E-state index in [0.29, 0.717) is 51.1 Å². The molecule has 1 aliphatic heterocycles. The monoisotopic (exact) mass is 459 g/mol. The molecule has 4 N–H and O–H groups in total. The third-order valence-corrected chi connectivity index (χ3v) is 6.27. The Morgan fingerprint density at radius 1 is 1.26 bits per heavy atom. The highest BCUT2D eigenvalue weighted by atomic mass is 35.5. The largest absolute Gasteiger partial charge is 0.506 e. The molecule has 1 heterocycles. The van der Waals surface area contributed by atoms with Gasteiger partial charge in [-0.25, -0.2) is 0 Å². The summed E-state index contributed by atoms with van der Waals surface area (Å²) in [4.78, 5) is 28.1. The van der Waals surface area contributed by atoms with E-state index in [9.17, 15) is 14.7 Å². The maximum Gasteiger partial charge on any atom is 0.241 e. The number of fused-ring (bicyclic) bond motifs is 1. The fourth-order valence-electron chi connectivity index (χ4n) is 4.43. The first-order valence-corrected chi connectivity index (χ1v) is 10.7. The molecule has 1 aliphatic carbocycles. The van der Waals surface area contributed by atoms with E-state index in [2.05, 4.69) is 5.32 Å². The predicted octanol–water partition coefficient (Wildman–Crippen LogP) is 4.80. The number of amides is 1. The Labute approximate surface area is 190 Å². The number of phenols is 1. The lowest BCUT2D eigenvalue weighted by Crippen LogP contribution is -2.42. The van der Waals surface area contributed by atoms with Crippen molar-refractivity contribution >= 4 is 46.3 Å². The van der Waals surface area contributed by atoms with Crippen molar-refractivity contribution in [2.24, 2.45) is 11.1 Å². The molecule has 1 unspecified atom stereocenters. The number of Topliss-reactive ketones (excluding diaryl/α,β-unsaturated/α-hetero) is 1. The summed E-state index contributed by atoms with van der Waals surface area (Å²) in [6.45, 7) is 3.75. The fraction of sp³-hybridized carbons (Fsp3) is 0.304. The molecule has 0 aromatic heterocycles. The fourth-order valence-corrected chi connectivity index (χ4v) is 4.95. The summed E-state index contributed by atoms with van der Waals surface area (Å²) in [7, 11) is 0. The minimum absolute atomic E-state index is 0.0298. The van der Waals surface area contributed by atoms with E-state index in [0.717, 1.165) is 0 Å². The van der Waals surface area contributed by atoms with Gasteiger partial charge in [0.25, 0.3) is 0 Å². The van der Waals surface area contributed by atoms with Crippen molar-refractivity contribution in [3.63, 3.8) is 0 Å². The van der Waals surface area contributed by atoms with Gasteiger partial charge >= 0.3 is 0 Å². The van der Waals surface area contributed by atoms with Crippen LogP contribution in [0.2, 0.25) is 10.0 Å². The van der Waals surface area contributed by atoms with Crippen LogP contribution in [-0.4, -0.2) is 23.3 Å². The highest BCUT2D eigenvalue weighted by Gasteiger charge is 2.44. The number of carbonyl (C=O) groups is 2. The van der Waals surface area contributed by atoms with Crippen molar-refractivity contribution in [3.8, 4) is 5.75 Å². The van der Waals surface area contributed by atoms with Crippen LogP contribution in [0.5, 0.6) is 5.75 Å². The minimum Gasteiger partial charge on any atom is -0.506 e. The topological polar surface area (TPSA) is 95.7 Å². The second-order valence-electron chi connectivity index (χ2n) is 8.67. The number of phenolic OH excluding ortho intramolecular Hbond substituents is 1. The average Bonchev–Trinajstić information content (AvgIpc) is 2.82. The van der Waals surface area contributed by atoms with Crippen LogP contribution in [0.15, 0.2) is 47.7 Å². The molecule has 0 radical (unpaired) electrons. The number of benzene rings is 2. The Balaban J connectivity index is 2.07. The van der Waals surface area contributed by atoms with Crippen molar-refractivity contribution in [2.45, 2.75) is 32.7 Å². The molecule has 0 bridgehead atoms. The first-order valence-electron chi connectivity index (χ1n) is 9.95. The van der Waals surface area contributed by atoms with E-state index < -0.39 is 11.9 Å². The maximum absolute atomic E-state index is 13.5. The highest BCUT2D eigenvalue weighted by Crippen LogP contribution is 2.51. The summed E-state index contributed by atoms with van der Waals surface area (Å²) in [5.41, 5.74) is 7.93. The molecule has 0 spiro atoms. The molecular formula is C23H23Cl2N3O3. The normalized spacial score (nSPS) is 20.0. The zero-order valence-corrected chi connectivity index (χ0v) is 18.7. The summed E-state index contributed by atoms with van der Waals surface area (Å²) in [6.07, 6.45) is 0.885. The first kappa shape index (κ1) is 21.7. The average molecular weight is 460 g/mol. The van der Waals surface area contributed by atoms with E-state index >= 15 is 0 Å². The van der Waals surface area contributed by atoms with Gasteiger partial charge in [0, 0.05) is 27.7 Å². The van der Waals surface area contributed by atoms with E-state index in [-0.39, 0.29) is 23.5 Å². The molecule has 1 atom stereocenters. The Morgan fingerprint density at radius 3 is 2.68 bits per heavy atom. The van der Waals surface area contributed by atoms with Crippen molar-refractivity contribution in [1.82, 2.24) is 0 Å². The molecule has 0 saturated heterocycles. The van der Waals surface area contributed by atoms with Crippen LogP contribution in [0, 0.1) is 5.41 Å². The molecule has 2 aromatic rings. The quantitative estimate of drug-likeness (QED) is 0.560. The lowest BCUT2D eigenvalue weighted by Gasteiger charge is -2.37. The van der Waals surface area contributed by atoms with Crippen molar-refractivity contribution in [2.75, 3.05) is 16.8 Å². The van der Waals surface area contributed by atoms with Gasteiger partial charge in [0.1, 0.15) is 11.4 Å². The molecule has 2 aromatic carbocycles. The smallest absolute Gasteiger partial charge is 0.241 e. The van der Waals surface area contributed by atoms with E-state index in [1.807, 2.05) is 13.8 Å². The maximum atomic E-state index is 13.5. The Morgan fingerprint density at radius 2 is 2.00 bits per heavy atom. The number of carbonyl (C=O) groups excluding carboxylic acids is 2. The Kier molecular flexibility index (Phi) is 5.50. The lowest BCUT2D eigenvalue weighted by atomic mass is 9.73. The number of allylic oxidation sites excluding steroid dienone is 1. The van der Waals surface area contributed by atoms with E-state index in [1.165, 1.54) is 11.0 Å². The predicted molar refractivity (Wildman–Crippen MR) is 123 cm³/mol. The molecule has 31 heavy (non-hydrogen) atoms. The van der Waals surface area contributed by atoms with Gasteiger partial charge in [0.2, 0.25) is 5.91 Å². The molecule has 6 nitrogen and oxygen atoms in total. The molecular weight excluding hydrogens is 437 g/mol. The number of nitrogens with zero attached hydrogens (tertiary/aromatic N) is 1. The minimum atomic E-state index is -0.810. The molecule has 4 rings (SSSR count). The standard InChI is InChI=1S/C23H23Cl2N3O3/c1-23(2)9-15-20(18(30)10-23)22(13-7-6-12(24)8-14(13)25)28(19(31)11-26)16-4-3-5-17(29)21(16)27-15/h3-8,22,27,29H,9-11,26H2,1-2H3. The zero-order valence-electron chi connectivity index (χ0n) is 17.2. The zero-order chi connectivity index (χ0) is 22.5. The number of halogens is 2. The second-order valence-corrected chi connectivity index (χ2v) is 9.51. The number of nitrogens with two attached hydrogens (primary N) is 1. The van der Waals surface area contributed by atoms with Crippen LogP contribution in [0.25, 0.3) is 0 Å². The van der Waals surface area contributed by atoms with Crippen LogP contribution in [0.3, 0.4) is 0 Å². The molecule has 1 amide bonds. The van der Waals surface area contributed by atoms with Gasteiger partial charge < -0.3 is 16.2 Å². The van der Waals surface area contributed by atoms with Gasteiger partial charge in [0.05, 0.1) is 18.3 Å². The summed E-state index contributed by atoms with van der Waals surface area (Å²) >= 11 is 12.7. The number of hydrogen-bond donors (Lipinski definition) is 3. The third kappa shape index (κ3) is 3.80. The van der Waals surface area contributed by atoms with Gasteiger partial charge in [-0.2, -0.15) is 0 Å². The number of ketones is 1. The number of para-hydroxylation sites is 1. The first-order chi connectivity index (χ1) is 14.6. The third-order valence-electron chi connectivity index (χ3n) is 5.71. The second kappa shape index (κ2) is 7.86. The molecule has 0 saturated carbocycles. The number of rotatable bonds is 2. The van der Waals surface area contributed by atoms with Gasteiger partial charge in [-0.05, 0) is 41.7 Å². The van der Waals surface area contributed by atoms with Gasteiger partial charge in [-0.15, -0.1) is 0 Å². The number of nitrogens with one attached hydrogen (secondary N) is 1. The van der Waals surface area contributed by atoms with Gasteiger partial charge in [-0.3, -0.25) is 14.5 Å². The van der Waals surface area contributed by atoms with E-state index in [1.54, 1.807) is 30.3 Å². The Bertz CT molecular complexity index is 1130. The summed E-state index contributed by atoms with van der Waals surface area (Å²) < 4.78 is 0. The van der Waals surface area contributed by atoms with Crippen LogP contribution in [-0.2, 0) is 9.59 Å². The Hall–Kier alpha value is -2.54.